The molecule has 102 valence electrons. The Morgan fingerprint density at radius 1 is 1.33 bits per heavy atom. The molecular weight excluding hydrogens is 317 g/mol. The summed E-state index contributed by atoms with van der Waals surface area (Å²) >= 11 is 12.8. The van der Waals surface area contributed by atoms with Crippen molar-refractivity contribution in [3.05, 3.63) is 14.7 Å². The first kappa shape index (κ1) is 14.6. The van der Waals surface area contributed by atoms with Gasteiger partial charge in [-0.1, -0.05) is 23.2 Å². The first-order valence-corrected chi connectivity index (χ1v) is 8.42. The summed E-state index contributed by atoms with van der Waals surface area (Å²) in [4.78, 5) is 0.0838. The average Bonchev–Trinajstić information content (AvgIpc) is 2.57. The third-order valence-electron chi connectivity index (χ3n) is 2.63. The molecule has 0 radical (unpaired) electrons. The second-order valence-corrected chi connectivity index (χ2v) is 8.46. The van der Waals surface area contributed by atoms with Gasteiger partial charge in [0.05, 0.1) is 16.5 Å². The molecule has 1 aliphatic heterocycles. The zero-order valence-corrected chi connectivity index (χ0v) is 13.0. The Balaban J connectivity index is 2.34. The van der Waals surface area contributed by atoms with Gasteiger partial charge in [0.15, 0.2) is 0 Å². The van der Waals surface area contributed by atoms with Crippen LogP contribution < -0.4 is 0 Å². The minimum atomic E-state index is -3.59. The zero-order chi connectivity index (χ0) is 13.5. The van der Waals surface area contributed by atoms with Gasteiger partial charge in [0.2, 0.25) is 10.0 Å². The van der Waals surface area contributed by atoms with E-state index in [9.17, 15) is 8.42 Å². The molecule has 0 N–H and O–H groups in total. The first-order chi connectivity index (χ1) is 8.30. The topological polar surface area (TPSA) is 46.6 Å². The fraction of sp³-hybridized carbons (Fsp3) is 0.600. The zero-order valence-electron chi connectivity index (χ0n) is 9.89. The van der Waals surface area contributed by atoms with E-state index in [0.29, 0.717) is 17.4 Å². The van der Waals surface area contributed by atoms with Crippen molar-refractivity contribution in [1.29, 1.82) is 0 Å². The molecule has 0 aromatic carbocycles. The summed E-state index contributed by atoms with van der Waals surface area (Å²) in [5, 5.41) is 0. The molecule has 0 amide bonds. The predicted molar refractivity (Wildman–Crippen MR) is 73.1 cm³/mol. The van der Waals surface area contributed by atoms with Crippen molar-refractivity contribution >= 4 is 44.6 Å². The lowest BCUT2D eigenvalue weighted by Gasteiger charge is -2.34. The number of hydrogen-bond acceptors (Lipinski definition) is 4. The number of nitrogens with zero attached hydrogens (tertiary/aromatic N) is 1. The van der Waals surface area contributed by atoms with Gasteiger partial charge >= 0.3 is 0 Å². The summed E-state index contributed by atoms with van der Waals surface area (Å²) in [6.45, 7) is 4.35. The molecule has 2 atom stereocenters. The van der Waals surface area contributed by atoms with E-state index in [0.717, 1.165) is 11.3 Å². The maximum Gasteiger partial charge on any atom is 0.245 e. The maximum atomic E-state index is 12.4. The standard InChI is InChI=1S/C10H13Cl2NO3S2/c1-6-4-13(5-7(2)16-6)18(14,15)8-3-9(11)17-10(8)12/h3,6-7H,4-5H2,1-2H3. The van der Waals surface area contributed by atoms with E-state index in [1.165, 1.54) is 10.4 Å². The Hall–Kier alpha value is 0.150. The molecule has 1 fully saturated rings. The van der Waals surface area contributed by atoms with Gasteiger partial charge in [-0.05, 0) is 19.9 Å². The molecule has 0 saturated carbocycles. The van der Waals surface area contributed by atoms with Crippen molar-refractivity contribution in [2.75, 3.05) is 13.1 Å². The number of sulfonamides is 1. The van der Waals surface area contributed by atoms with Crippen LogP contribution in [0.3, 0.4) is 0 Å². The normalized spacial score (nSPS) is 26.4. The van der Waals surface area contributed by atoms with Crippen LogP contribution >= 0.6 is 34.5 Å². The predicted octanol–water partition coefficient (Wildman–Crippen LogP) is 2.85. The van der Waals surface area contributed by atoms with Gasteiger partial charge < -0.3 is 4.74 Å². The fourth-order valence-electron chi connectivity index (χ4n) is 1.97. The first-order valence-electron chi connectivity index (χ1n) is 5.41. The summed E-state index contributed by atoms with van der Waals surface area (Å²) in [6, 6.07) is 1.40. The molecule has 4 nitrogen and oxygen atoms in total. The molecule has 18 heavy (non-hydrogen) atoms. The molecule has 8 heteroatoms. The van der Waals surface area contributed by atoms with E-state index in [1.807, 2.05) is 13.8 Å². The number of rotatable bonds is 2. The fourth-order valence-corrected chi connectivity index (χ4v) is 5.67. The third-order valence-corrected chi connectivity index (χ3v) is 6.21. The van der Waals surface area contributed by atoms with Gasteiger partial charge in [-0.3, -0.25) is 0 Å². The summed E-state index contributed by atoms with van der Waals surface area (Å²) in [5.41, 5.74) is 0. The van der Waals surface area contributed by atoms with Crippen molar-refractivity contribution in [3.8, 4) is 0 Å². The Morgan fingerprint density at radius 2 is 1.89 bits per heavy atom. The monoisotopic (exact) mass is 329 g/mol. The highest BCUT2D eigenvalue weighted by molar-refractivity contribution is 7.89. The summed E-state index contributed by atoms with van der Waals surface area (Å²) in [6.07, 6.45) is -0.257. The molecule has 0 aliphatic carbocycles. The van der Waals surface area contributed by atoms with Gasteiger partial charge in [0.1, 0.15) is 9.23 Å². The van der Waals surface area contributed by atoms with E-state index >= 15 is 0 Å². The lowest BCUT2D eigenvalue weighted by molar-refractivity contribution is -0.0440. The quantitative estimate of drug-likeness (QED) is 0.838. The Kier molecular flexibility index (Phi) is 4.26. The highest BCUT2D eigenvalue weighted by atomic mass is 35.5. The van der Waals surface area contributed by atoms with E-state index in [2.05, 4.69) is 0 Å². The molecule has 1 aliphatic rings. The van der Waals surface area contributed by atoms with Gasteiger partial charge in [0, 0.05) is 13.1 Å². The molecule has 0 bridgehead atoms. The highest BCUT2D eigenvalue weighted by Gasteiger charge is 2.34. The minimum absolute atomic E-state index is 0.0838. The van der Waals surface area contributed by atoms with E-state index in [-0.39, 0.29) is 21.4 Å². The van der Waals surface area contributed by atoms with Gasteiger partial charge in [0.25, 0.3) is 0 Å². The number of halogens is 2. The molecular formula is C10H13Cl2NO3S2. The second-order valence-electron chi connectivity index (χ2n) is 4.27. The molecule has 2 heterocycles. The minimum Gasteiger partial charge on any atom is -0.373 e. The third kappa shape index (κ3) is 2.84. The van der Waals surface area contributed by atoms with Gasteiger partial charge in [-0.2, -0.15) is 4.31 Å². The molecule has 2 unspecified atom stereocenters. The van der Waals surface area contributed by atoms with Crippen molar-refractivity contribution in [3.63, 3.8) is 0 Å². The van der Waals surface area contributed by atoms with Crippen LogP contribution in [0.15, 0.2) is 11.0 Å². The van der Waals surface area contributed by atoms with Crippen LogP contribution in [0.25, 0.3) is 0 Å². The number of ether oxygens (including phenoxy) is 1. The summed E-state index contributed by atoms with van der Waals surface area (Å²) in [5.74, 6) is 0. The molecule has 1 aromatic heterocycles. The van der Waals surface area contributed by atoms with Crippen LogP contribution in [0.4, 0.5) is 0 Å². The van der Waals surface area contributed by atoms with Crippen molar-refractivity contribution < 1.29 is 13.2 Å². The van der Waals surface area contributed by atoms with Gasteiger partial charge in [-0.15, -0.1) is 11.3 Å². The van der Waals surface area contributed by atoms with E-state index in [1.54, 1.807) is 0 Å². The Bertz CT molecular complexity index is 533. The largest absolute Gasteiger partial charge is 0.373 e. The van der Waals surface area contributed by atoms with Crippen molar-refractivity contribution in [2.45, 2.75) is 31.0 Å². The van der Waals surface area contributed by atoms with E-state index < -0.39 is 10.0 Å². The van der Waals surface area contributed by atoms with Crippen molar-refractivity contribution in [1.82, 2.24) is 4.31 Å². The van der Waals surface area contributed by atoms with Crippen molar-refractivity contribution in [2.24, 2.45) is 0 Å². The molecule has 1 saturated heterocycles. The second kappa shape index (κ2) is 5.26. The van der Waals surface area contributed by atoms with Crippen LogP contribution in [0, 0.1) is 0 Å². The van der Waals surface area contributed by atoms with Gasteiger partial charge in [-0.25, -0.2) is 8.42 Å². The molecule has 1 aromatic rings. The van der Waals surface area contributed by atoms with Crippen LogP contribution in [-0.2, 0) is 14.8 Å². The maximum absolute atomic E-state index is 12.4. The summed E-state index contributed by atoms with van der Waals surface area (Å²) in [7, 11) is -3.59. The SMILES string of the molecule is CC1CN(S(=O)(=O)c2cc(Cl)sc2Cl)CC(C)O1. The number of hydrogen-bond donors (Lipinski definition) is 0. The number of morpholine rings is 1. The summed E-state index contributed by atoms with van der Waals surface area (Å²) < 4.78 is 32.4. The van der Waals surface area contributed by atoms with Crippen LogP contribution in [0.5, 0.6) is 0 Å². The van der Waals surface area contributed by atoms with Crippen LogP contribution in [-0.4, -0.2) is 38.0 Å². The van der Waals surface area contributed by atoms with Crippen LogP contribution in [0.2, 0.25) is 8.67 Å². The number of thiophene rings is 1. The Morgan fingerprint density at radius 3 is 2.33 bits per heavy atom. The lowest BCUT2D eigenvalue weighted by atomic mass is 10.3. The molecule has 2 rings (SSSR count). The highest BCUT2D eigenvalue weighted by Crippen LogP contribution is 2.36. The molecule has 0 spiro atoms. The lowest BCUT2D eigenvalue weighted by Crippen LogP contribution is -2.48. The van der Waals surface area contributed by atoms with Crippen LogP contribution in [0.1, 0.15) is 13.8 Å². The smallest absolute Gasteiger partial charge is 0.245 e. The Labute approximate surface area is 120 Å². The van der Waals surface area contributed by atoms with E-state index in [4.69, 9.17) is 27.9 Å². The average molecular weight is 330 g/mol.